The van der Waals surface area contributed by atoms with Crippen molar-refractivity contribution < 1.29 is 23.2 Å². The number of halogens is 2. The lowest BCUT2D eigenvalue weighted by Gasteiger charge is -2.12. The summed E-state index contributed by atoms with van der Waals surface area (Å²) in [7, 11) is -4.04. The van der Waals surface area contributed by atoms with Gasteiger partial charge in [0.25, 0.3) is 21.8 Å². The molecule has 42 heavy (non-hydrogen) atoms. The monoisotopic (exact) mass is 621 g/mol. The molecule has 5 rings (SSSR count). The number of nitrogens with one attached hydrogen (secondary N) is 4. The van der Waals surface area contributed by atoms with Crippen LogP contribution >= 0.6 is 23.2 Å². The van der Waals surface area contributed by atoms with Gasteiger partial charge in [-0.05, 0) is 72.3 Å². The summed E-state index contributed by atoms with van der Waals surface area (Å²) in [6, 6.07) is 22.5. The largest absolute Gasteiger partial charge is 0.338 e. The molecule has 0 unspecified atom stereocenters. The van der Waals surface area contributed by atoms with E-state index in [0.29, 0.717) is 27.7 Å². The van der Waals surface area contributed by atoms with Gasteiger partial charge in [0.1, 0.15) is 5.82 Å². The summed E-state index contributed by atoms with van der Waals surface area (Å²) in [6.07, 6.45) is 2.39. The number of aromatic nitrogens is 2. The maximum atomic E-state index is 13.1. The lowest BCUT2D eigenvalue weighted by molar-refractivity contribution is -0.124. The average molecular weight is 622 g/mol. The zero-order chi connectivity index (χ0) is 29.9. The second-order valence-electron chi connectivity index (χ2n) is 8.93. The van der Waals surface area contributed by atoms with E-state index in [1.54, 1.807) is 24.3 Å². The Morgan fingerprint density at radius 2 is 1.67 bits per heavy atom. The zero-order valence-corrected chi connectivity index (χ0v) is 23.8. The number of hydrogen-bond donors (Lipinski definition) is 5. The van der Waals surface area contributed by atoms with Gasteiger partial charge >= 0.3 is 0 Å². The first kappa shape index (κ1) is 28.8. The summed E-state index contributed by atoms with van der Waals surface area (Å²) in [5, 5.41) is 11.8. The van der Waals surface area contributed by atoms with Gasteiger partial charge in [0.05, 0.1) is 37.2 Å². The first-order chi connectivity index (χ1) is 20.1. The number of carbonyl (C=O) groups excluding carboxylic acids is 2. The minimum Gasteiger partial charge on any atom is -0.338 e. The number of sulfonamides is 1. The van der Waals surface area contributed by atoms with E-state index in [0.717, 1.165) is 17.1 Å². The second-order valence-corrected chi connectivity index (χ2v) is 11.4. The van der Waals surface area contributed by atoms with Crippen LogP contribution in [0.25, 0.3) is 28.5 Å². The van der Waals surface area contributed by atoms with Crippen LogP contribution in [0.4, 0.5) is 11.4 Å². The van der Waals surface area contributed by atoms with Crippen LogP contribution in [0.3, 0.4) is 0 Å². The maximum Gasteiger partial charge on any atom is 0.267 e. The molecule has 212 valence electrons. The highest BCUT2D eigenvalue weighted by Crippen LogP contribution is 2.31. The Morgan fingerprint density at radius 3 is 2.43 bits per heavy atom. The molecule has 0 radical (unpaired) electrons. The molecule has 4 aromatic carbocycles. The molecule has 0 spiro atoms. The van der Waals surface area contributed by atoms with Gasteiger partial charge in [0.15, 0.2) is 0 Å². The summed E-state index contributed by atoms with van der Waals surface area (Å²) in [6.45, 7) is 0. The number of para-hydroxylation sites is 2. The quantitative estimate of drug-likeness (QED) is 0.0800. The van der Waals surface area contributed by atoms with Crippen LogP contribution in [0.5, 0.6) is 0 Å². The van der Waals surface area contributed by atoms with Crippen LogP contribution in [0.1, 0.15) is 15.9 Å². The van der Waals surface area contributed by atoms with Crippen molar-refractivity contribution in [1.82, 2.24) is 15.4 Å². The van der Waals surface area contributed by atoms with Gasteiger partial charge in [0.2, 0.25) is 0 Å². The van der Waals surface area contributed by atoms with Crippen molar-refractivity contribution in [3.63, 3.8) is 0 Å². The lowest BCUT2D eigenvalue weighted by Crippen LogP contribution is -2.15. The van der Waals surface area contributed by atoms with E-state index >= 15 is 0 Å². The van der Waals surface area contributed by atoms with Crippen molar-refractivity contribution in [1.29, 1.82) is 0 Å². The number of hydroxylamine groups is 1. The third-order valence-electron chi connectivity index (χ3n) is 6.04. The number of rotatable bonds is 8. The highest BCUT2D eigenvalue weighted by Gasteiger charge is 2.18. The third-order valence-corrected chi connectivity index (χ3v) is 8.06. The molecule has 13 heteroatoms. The first-order valence-corrected chi connectivity index (χ1v) is 14.5. The van der Waals surface area contributed by atoms with E-state index in [-0.39, 0.29) is 21.2 Å². The SMILES string of the molecule is O=C(/C=C/c1cccc(S(=O)(=O)Nc2ccc(C(=O)Nc3ccc(Cl)c(-c4nc5ccccc5[nH]4)c3)c(Cl)c2)c1)NO. The summed E-state index contributed by atoms with van der Waals surface area (Å²) in [5.41, 5.74) is 4.79. The summed E-state index contributed by atoms with van der Waals surface area (Å²) >= 11 is 12.8. The molecule has 2 amide bonds. The molecule has 0 aliphatic carbocycles. The zero-order valence-electron chi connectivity index (χ0n) is 21.4. The fourth-order valence-electron chi connectivity index (χ4n) is 4.03. The molecule has 0 saturated carbocycles. The minimum absolute atomic E-state index is 0.0193. The summed E-state index contributed by atoms with van der Waals surface area (Å²) in [5.74, 6) is -0.731. The molecule has 0 bridgehead atoms. The van der Waals surface area contributed by atoms with Crippen molar-refractivity contribution in [2.75, 3.05) is 10.0 Å². The van der Waals surface area contributed by atoms with Crippen molar-refractivity contribution in [3.8, 4) is 11.4 Å². The van der Waals surface area contributed by atoms with Crippen LogP contribution in [0.2, 0.25) is 10.0 Å². The number of carbonyl (C=O) groups is 2. The van der Waals surface area contributed by atoms with E-state index in [1.165, 1.54) is 48.0 Å². The Morgan fingerprint density at radius 1 is 0.881 bits per heavy atom. The number of amides is 2. The molecule has 1 heterocycles. The Bertz CT molecular complexity index is 1940. The Labute approximate surface area is 250 Å². The summed E-state index contributed by atoms with van der Waals surface area (Å²) < 4.78 is 28.3. The van der Waals surface area contributed by atoms with Crippen LogP contribution < -0.4 is 15.5 Å². The normalized spacial score (nSPS) is 11.5. The number of hydrogen-bond acceptors (Lipinski definition) is 6. The van der Waals surface area contributed by atoms with E-state index in [2.05, 4.69) is 20.0 Å². The van der Waals surface area contributed by atoms with Gasteiger partial charge in [-0.1, -0.05) is 47.5 Å². The first-order valence-electron chi connectivity index (χ1n) is 12.2. The van der Waals surface area contributed by atoms with Crippen molar-refractivity contribution in [2.45, 2.75) is 4.90 Å². The number of benzene rings is 4. The number of anilines is 2. The number of aromatic amines is 1. The molecule has 0 saturated heterocycles. The Kier molecular flexibility index (Phi) is 8.27. The van der Waals surface area contributed by atoms with Gasteiger partial charge in [-0.15, -0.1) is 0 Å². The third kappa shape index (κ3) is 6.45. The van der Waals surface area contributed by atoms with E-state index in [4.69, 9.17) is 28.4 Å². The Hall–Kier alpha value is -4.68. The van der Waals surface area contributed by atoms with E-state index in [9.17, 15) is 18.0 Å². The number of fused-ring (bicyclic) bond motifs is 1. The minimum atomic E-state index is -4.04. The lowest BCUT2D eigenvalue weighted by atomic mass is 10.1. The molecule has 5 aromatic rings. The van der Waals surface area contributed by atoms with Crippen molar-refractivity contribution in [3.05, 3.63) is 112 Å². The number of imidazole rings is 1. The van der Waals surface area contributed by atoms with Crippen molar-refractivity contribution in [2.24, 2.45) is 0 Å². The Balaban J connectivity index is 1.32. The predicted molar refractivity (Wildman–Crippen MR) is 162 cm³/mol. The predicted octanol–water partition coefficient (Wildman–Crippen LogP) is 6.11. The highest BCUT2D eigenvalue weighted by molar-refractivity contribution is 7.92. The van der Waals surface area contributed by atoms with Gasteiger partial charge in [-0.2, -0.15) is 0 Å². The molecular weight excluding hydrogens is 601 g/mol. The molecular formula is C29H21Cl2N5O5S. The van der Waals surface area contributed by atoms with E-state index < -0.39 is 21.8 Å². The molecule has 0 aliphatic rings. The molecule has 5 N–H and O–H groups in total. The van der Waals surface area contributed by atoms with Crippen LogP contribution in [-0.4, -0.2) is 35.4 Å². The smallest absolute Gasteiger partial charge is 0.267 e. The fourth-order valence-corrected chi connectivity index (χ4v) is 5.61. The van der Waals surface area contributed by atoms with Crippen LogP contribution in [-0.2, 0) is 14.8 Å². The van der Waals surface area contributed by atoms with Crippen LogP contribution in [0, 0.1) is 0 Å². The topological polar surface area (TPSA) is 153 Å². The molecule has 0 atom stereocenters. The highest BCUT2D eigenvalue weighted by atomic mass is 35.5. The fraction of sp³-hybridized carbons (Fsp3) is 0. The van der Waals surface area contributed by atoms with E-state index in [1.807, 2.05) is 24.3 Å². The number of H-pyrrole nitrogens is 1. The summed E-state index contributed by atoms with van der Waals surface area (Å²) in [4.78, 5) is 32.0. The molecule has 0 aliphatic heterocycles. The van der Waals surface area contributed by atoms with Gasteiger partial charge in [-0.3, -0.25) is 19.5 Å². The van der Waals surface area contributed by atoms with Crippen molar-refractivity contribution >= 4 is 73.5 Å². The van der Waals surface area contributed by atoms with Gasteiger partial charge in [-0.25, -0.2) is 18.9 Å². The molecule has 0 fully saturated rings. The van der Waals surface area contributed by atoms with Crippen LogP contribution in [0.15, 0.2) is 95.9 Å². The molecule has 1 aromatic heterocycles. The molecule has 10 nitrogen and oxygen atoms in total. The van der Waals surface area contributed by atoms with Gasteiger partial charge < -0.3 is 10.3 Å². The maximum absolute atomic E-state index is 13.1. The second kappa shape index (κ2) is 12.0. The average Bonchev–Trinajstić information content (AvgIpc) is 3.41. The standard InChI is InChI=1S/C29H21Cl2N5O5S/c30-23-12-10-18(15-22(23)28-33-25-6-1-2-7-26(25)34-28)32-29(38)21-11-9-19(16-24(21)31)36-42(40,41)20-5-3-4-17(14-20)8-13-27(37)35-39/h1-16,36,39H,(H,32,38)(H,33,34)(H,35,37)/b13-8+. The van der Waals surface area contributed by atoms with Gasteiger partial charge in [0, 0.05) is 17.3 Å². The number of nitrogens with zero attached hydrogens (tertiary/aromatic N) is 1.